The second kappa shape index (κ2) is 9.49. The van der Waals surface area contributed by atoms with Gasteiger partial charge in [-0.05, 0) is 53.2 Å². The summed E-state index contributed by atoms with van der Waals surface area (Å²) in [6.07, 6.45) is 1.61. The van der Waals surface area contributed by atoms with Crippen LogP contribution in [0.1, 0.15) is 21.5 Å². The van der Waals surface area contributed by atoms with Crippen LogP contribution in [0, 0.1) is 10.1 Å². The highest BCUT2D eigenvalue weighted by Crippen LogP contribution is 2.33. The Kier molecular flexibility index (Phi) is 6.32. The summed E-state index contributed by atoms with van der Waals surface area (Å²) < 4.78 is 5.28. The highest BCUT2D eigenvalue weighted by molar-refractivity contribution is 8.18. The number of ether oxygens (including phenoxy) is 1. The molecular formula is C24H16N2O6S. The van der Waals surface area contributed by atoms with Crippen LogP contribution in [0.3, 0.4) is 0 Å². The second-order valence-corrected chi connectivity index (χ2v) is 8.01. The maximum atomic E-state index is 12.7. The number of carbonyl (C=O) groups is 3. The smallest absolute Gasteiger partial charge is 0.343 e. The number of hydrogen-bond donors (Lipinski definition) is 0. The molecule has 3 aromatic carbocycles. The Bertz CT molecular complexity index is 1250. The molecule has 4 rings (SSSR count). The van der Waals surface area contributed by atoms with Crippen LogP contribution in [0.4, 0.5) is 10.5 Å². The molecule has 0 aliphatic carbocycles. The number of nitro groups is 1. The van der Waals surface area contributed by atoms with Gasteiger partial charge in [-0.15, -0.1) is 0 Å². The third kappa shape index (κ3) is 5.16. The third-order valence-electron chi connectivity index (χ3n) is 4.76. The van der Waals surface area contributed by atoms with Crippen molar-refractivity contribution < 1.29 is 24.0 Å². The van der Waals surface area contributed by atoms with Gasteiger partial charge in [0.25, 0.3) is 16.8 Å². The molecule has 0 spiro atoms. The van der Waals surface area contributed by atoms with E-state index in [0.717, 1.165) is 17.3 Å². The lowest BCUT2D eigenvalue weighted by Gasteiger charge is -2.12. The van der Waals surface area contributed by atoms with Gasteiger partial charge >= 0.3 is 5.97 Å². The maximum absolute atomic E-state index is 12.7. The molecule has 1 heterocycles. The van der Waals surface area contributed by atoms with Crippen molar-refractivity contribution >= 4 is 40.6 Å². The van der Waals surface area contributed by atoms with Crippen LogP contribution in [0.15, 0.2) is 83.8 Å². The number of amides is 2. The van der Waals surface area contributed by atoms with E-state index < -0.39 is 10.9 Å². The number of hydrogen-bond acceptors (Lipinski definition) is 7. The molecule has 0 saturated carbocycles. The molecule has 0 radical (unpaired) electrons. The van der Waals surface area contributed by atoms with E-state index in [9.17, 15) is 24.5 Å². The lowest BCUT2D eigenvalue weighted by Crippen LogP contribution is -2.27. The van der Waals surface area contributed by atoms with Gasteiger partial charge in [0.15, 0.2) is 0 Å². The van der Waals surface area contributed by atoms with Crippen molar-refractivity contribution in [3.05, 3.63) is 111 Å². The van der Waals surface area contributed by atoms with Crippen LogP contribution in [-0.2, 0) is 11.3 Å². The molecule has 1 aliphatic heterocycles. The minimum absolute atomic E-state index is 0.121. The molecule has 0 unspecified atom stereocenters. The van der Waals surface area contributed by atoms with Gasteiger partial charge in [0.05, 0.1) is 21.9 Å². The second-order valence-electron chi connectivity index (χ2n) is 7.02. The summed E-state index contributed by atoms with van der Waals surface area (Å²) in [5.74, 6) is -0.741. The van der Waals surface area contributed by atoms with Crippen molar-refractivity contribution in [1.29, 1.82) is 0 Å². The fourth-order valence-corrected chi connectivity index (χ4v) is 3.91. The van der Waals surface area contributed by atoms with Gasteiger partial charge in [0, 0.05) is 12.1 Å². The van der Waals surface area contributed by atoms with Crippen molar-refractivity contribution in [3.63, 3.8) is 0 Å². The predicted octanol–water partition coefficient (Wildman–Crippen LogP) is 5.05. The van der Waals surface area contributed by atoms with Crippen molar-refractivity contribution in [3.8, 4) is 5.75 Å². The standard InChI is InChI=1S/C24H16N2O6S/c27-22-21(33-24(29)25(22)15-17-4-2-1-3-5-17)14-16-6-12-20(13-7-16)32-23(28)18-8-10-19(11-9-18)26(30)31/h1-14H,15H2/b21-14-. The van der Waals surface area contributed by atoms with Crippen molar-refractivity contribution in [2.24, 2.45) is 0 Å². The monoisotopic (exact) mass is 460 g/mol. The molecule has 0 bridgehead atoms. The number of thioether (sulfide) groups is 1. The fourth-order valence-electron chi connectivity index (χ4n) is 3.07. The summed E-state index contributed by atoms with van der Waals surface area (Å²) in [6, 6.07) is 20.8. The number of imide groups is 1. The fraction of sp³-hybridized carbons (Fsp3) is 0.0417. The average Bonchev–Trinajstić information content (AvgIpc) is 3.08. The summed E-state index contributed by atoms with van der Waals surface area (Å²) in [7, 11) is 0. The van der Waals surface area contributed by atoms with E-state index in [0.29, 0.717) is 10.5 Å². The Labute approximate surface area is 192 Å². The number of carbonyl (C=O) groups excluding carboxylic acids is 3. The molecule has 33 heavy (non-hydrogen) atoms. The van der Waals surface area contributed by atoms with Gasteiger partial charge in [-0.25, -0.2) is 4.79 Å². The van der Waals surface area contributed by atoms with Crippen LogP contribution >= 0.6 is 11.8 Å². The zero-order valence-corrected chi connectivity index (χ0v) is 17.9. The number of esters is 1. The molecule has 0 aromatic heterocycles. The summed E-state index contributed by atoms with van der Waals surface area (Å²) in [5, 5.41) is 10.4. The number of nitro benzene ring substituents is 1. The topological polar surface area (TPSA) is 107 Å². The molecule has 0 atom stereocenters. The first-order chi connectivity index (χ1) is 15.9. The number of nitrogens with zero attached hydrogens (tertiary/aromatic N) is 2. The first-order valence-corrected chi connectivity index (χ1v) is 10.6. The Morgan fingerprint density at radius 2 is 1.64 bits per heavy atom. The molecule has 164 valence electrons. The van der Waals surface area contributed by atoms with Crippen molar-refractivity contribution in [1.82, 2.24) is 4.90 Å². The summed E-state index contributed by atoms with van der Waals surface area (Å²) in [4.78, 5) is 48.9. The van der Waals surface area contributed by atoms with E-state index in [2.05, 4.69) is 0 Å². The minimum Gasteiger partial charge on any atom is -0.423 e. The van der Waals surface area contributed by atoms with Crippen LogP contribution < -0.4 is 4.74 Å². The van der Waals surface area contributed by atoms with Crippen LogP contribution in [0.5, 0.6) is 5.75 Å². The van der Waals surface area contributed by atoms with Gasteiger partial charge in [-0.3, -0.25) is 24.6 Å². The number of non-ortho nitro benzene ring substituents is 1. The quantitative estimate of drug-likeness (QED) is 0.167. The molecule has 8 nitrogen and oxygen atoms in total. The van der Waals surface area contributed by atoms with Crippen molar-refractivity contribution in [2.75, 3.05) is 0 Å². The maximum Gasteiger partial charge on any atom is 0.343 e. The Morgan fingerprint density at radius 1 is 0.970 bits per heavy atom. The SMILES string of the molecule is O=C(Oc1ccc(/C=C2\SC(=O)N(Cc3ccccc3)C2=O)cc1)c1ccc([N+](=O)[O-])cc1. The van der Waals surface area contributed by atoms with E-state index in [1.165, 1.54) is 29.2 Å². The molecule has 3 aromatic rings. The largest absolute Gasteiger partial charge is 0.423 e. The highest BCUT2D eigenvalue weighted by Gasteiger charge is 2.34. The molecule has 0 N–H and O–H groups in total. The average molecular weight is 460 g/mol. The van der Waals surface area contributed by atoms with Gasteiger partial charge in [-0.1, -0.05) is 42.5 Å². The van der Waals surface area contributed by atoms with Crippen LogP contribution in [-0.4, -0.2) is 26.9 Å². The van der Waals surface area contributed by atoms with E-state index in [1.807, 2.05) is 30.3 Å². The molecule has 2 amide bonds. The number of benzene rings is 3. The summed E-state index contributed by atoms with van der Waals surface area (Å²) in [5.41, 5.74) is 1.58. The Morgan fingerprint density at radius 3 is 2.27 bits per heavy atom. The van der Waals surface area contributed by atoms with Gasteiger partial charge in [0.1, 0.15) is 5.75 Å². The minimum atomic E-state index is -0.653. The van der Waals surface area contributed by atoms with Crippen LogP contribution in [0.2, 0.25) is 0 Å². The molecule has 1 aliphatic rings. The van der Waals surface area contributed by atoms with Crippen LogP contribution in [0.25, 0.3) is 6.08 Å². The lowest BCUT2D eigenvalue weighted by molar-refractivity contribution is -0.384. The molecular weight excluding hydrogens is 444 g/mol. The van der Waals surface area contributed by atoms with Crippen molar-refractivity contribution in [2.45, 2.75) is 6.54 Å². The first kappa shape index (κ1) is 22.0. The van der Waals surface area contributed by atoms with Gasteiger partial charge in [-0.2, -0.15) is 0 Å². The van der Waals surface area contributed by atoms with E-state index in [-0.39, 0.29) is 34.7 Å². The third-order valence-corrected chi connectivity index (χ3v) is 5.67. The van der Waals surface area contributed by atoms with Gasteiger partial charge < -0.3 is 4.74 Å². The van der Waals surface area contributed by atoms with E-state index in [1.54, 1.807) is 30.3 Å². The molecule has 1 saturated heterocycles. The normalized spacial score (nSPS) is 14.5. The Hall–Kier alpha value is -4.24. The van der Waals surface area contributed by atoms with E-state index >= 15 is 0 Å². The zero-order chi connectivity index (χ0) is 23.4. The Balaban J connectivity index is 1.41. The van der Waals surface area contributed by atoms with E-state index in [4.69, 9.17) is 4.74 Å². The lowest BCUT2D eigenvalue weighted by atomic mass is 10.2. The first-order valence-electron chi connectivity index (χ1n) is 9.77. The molecule has 9 heteroatoms. The molecule has 1 fully saturated rings. The summed E-state index contributed by atoms with van der Waals surface area (Å²) >= 11 is 0.876. The van der Waals surface area contributed by atoms with Gasteiger partial charge in [0.2, 0.25) is 0 Å². The highest BCUT2D eigenvalue weighted by atomic mass is 32.2. The zero-order valence-electron chi connectivity index (χ0n) is 17.0. The predicted molar refractivity (Wildman–Crippen MR) is 122 cm³/mol. The summed E-state index contributed by atoms with van der Waals surface area (Å²) in [6.45, 7) is 0.209. The number of rotatable bonds is 6.